The zero-order chi connectivity index (χ0) is 12.1. The van der Waals surface area contributed by atoms with Crippen LogP contribution in [-0.4, -0.2) is 18.4 Å². The molecular weight excluding hydrogens is 192 g/mol. The monoisotopic (exact) mass is 214 g/mol. The maximum atomic E-state index is 11.2. The molecule has 3 nitrogen and oxygen atoms in total. The van der Waals surface area contributed by atoms with Crippen LogP contribution in [-0.2, 0) is 14.3 Å². The molecule has 88 valence electrons. The number of carbonyl (C=O) groups excluding carboxylic acids is 2. The van der Waals surface area contributed by atoms with E-state index in [0.717, 1.165) is 6.42 Å². The van der Waals surface area contributed by atoms with Gasteiger partial charge in [-0.25, -0.2) is 0 Å². The maximum absolute atomic E-state index is 11.2. The SMILES string of the molecule is CC(C)C(=O)CC(=O)OCCC(C)(C)C. The van der Waals surface area contributed by atoms with E-state index in [2.05, 4.69) is 20.8 Å². The van der Waals surface area contributed by atoms with Crippen molar-refractivity contribution < 1.29 is 14.3 Å². The second-order valence-corrected chi connectivity index (χ2v) is 5.33. The smallest absolute Gasteiger partial charge is 0.313 e. The third-order valence-corrected chi connectivity index (χ3v) is 2.08. The molecule has 0 aliphatic carbocycles. The molecule has 0 aromatic rings. The third-order valence-electron chi connectivity index (χ3n) is 2.08. The Morgan fingerprint density at radius 1 is 1.20 bits per heavy atom. The van der Waals surface area contributed by atoms with Gasteiger partial charge in [-0.05, 0) is 11.8 Å². The van der Waals surface area contributed by atoms with Crippen LogP contribution in [0.25, 0.3) is 0 Å². The molecule has 0 aromatic carbocycles. The van der Waals surface area contributed by atoms with Gasteiger partial charge in [-0.1, -0.05) is 34.6 Å². The molecular formula is C12H22O3. The Hall–Kier alpha value is -0.860. The number of Topliss-reactive ketones (excluding diaryl/α,β-unsaturated/α-hetero) is 1. The van der Waals surface area contributed by atoms with Crippen molar-refractivity contribution in [3.05, 3.63) is 0 Å². The van der Waals surface area contributed by atoms with Crippen LogP contribution in [0, 0.1) is 11.3 Å². The molecule has 0 aliphatic rings. The summed E-state index contributed by atoms with van der Waals surface area (Å²) >= 11 is 0. The van der Waals surface area contributed by atoms with Crippen LogP contribution < -0.4 is 0 Å². The van der Waals surface area contributed by atoms with Crippen molar-refractivity contribution in [1.29, 1.82) is 0 Å². The van der Waals surface area contributed by atoms with Crippen LogP contribution in [0.3, 0.4) is 0 Å². The highest BCUT2D eigenvalue weighted by Gasteiger charge is 2.15. The van der Waals surface area contributed by atoms with Gasteiger partial charge in [0.1, 0.15) is 12.2 Å². The van der Waals surface area contributed by atoms with E-state index in [1.54, 1.807) is 13.8 Å². The Labute approximate surface area is 92.2 Å². The summed E-state index contributed by atoms with van der Waals surface area (Å²) in [5.74, 6) is -0.561. The van der Waals surface area contributed by atoms with E-state index in [1.807, 2.05) is 0 Å². The fourth-order valence-corrected chi connectivity index (χ4v) is 0.868. The summed E-state index contributed by atoms with van der Waals surface area (Å²) in [7, 11) is 0. The molecule has 0 rings (SSSR count). The van der Waals surface area contributed by atoms with E-state index in [9.17, 15) is 9.59 Å². The number of ketones is 1. The molecule has 0 spiro atoms. The minimum atomic E-state index is -0.405. The van der Waals surface area contributed by atoms with Crippen LogP contribution in [0.5, 0.6) is 0 Å². The fraction of sp³-hybridized carbons (Fsp3) is 0.833. The van der Waals surface area contributed by atoms with E-state index in [1.165, 1.54) is 0 Å². The lowest BCUT2D eigenvalue weighted by Crippen LogP contribution is -2.18. The molecule has 0 saturated carbocycles. The second kappa shape index (κ2) is 5.89. The Morgan fingerprint density at radius 3 is 2.13 bits per heavy atom. The topological polar surface area (TPSA) is 43.4 Å². The first kappa shape index (κ1) is 14.1. The lowest BCUT2D eigenvalue weighted by atomic mass is 9.93. The molecule has 3 heteroatoms. The molecule has 0 radical (unpaired) electrons. The van der Waals surface area contributed by atoms with Gasteiger partial charge in [0.25, 0.3) is 0 Å². The Balaban J connectivity index is 3.72. The first-order valence-corrected chi connectivity index (χ1v) is 5.41. The number of hydrogen-bond acceptors (Lipinski definition) is 3. The molecule has 15 heavy (non-hydrogen) atoms. The number of esters is 1. The lowest BCUT2D eigenvalue weighted by molar-refractivity contribution is -0.147. The Bertz CT molecular complexity index is 224. The molecule has 0 aliphatic heterocycles. The number of carbonyl (C=O) groups is 2. The molecule has 0 N–H and O–H groups in total. The lowest BCUT2D eigenvalue weighted by Gasteiger charge is -2.17. The van der Waals surface area contributed by atoms with Crippen molar-refractivity contribution in [3.8, 4) is 0 Å². The molecule has 0 fully saturated rings. The predicted molar refractivity (Wildman–Crippen MR) is 59.5 cm³/mol. The Morgan fingerprint density at radius 2 is 1.73 bits per heavy atom. The third kappa shape index (κ3) is 8.16. The summed E-state index contributed by atoms with van der Waals surface area (Å²) in [4.78, 5) is 22.4. The standard InChI is InChI=1S/C12H22O3/c1-9(2)10(13)8-11(14)15-7-6-12(3,4)5/h9H,6-8H2,1-5H3. The summed E-state index contributed by atoms with van der Waals surface area (Å²) in [5, 5.41) is 0. The van der Waals surface area contributed by atoms with Gasteiger partial charge in [0.2, 0.25) is 0 Å². The molecule has 0 bridgehead atoms. The van der Waals surface area contributed by atoms with Crippen LogP contribution in [0.1, 0.15) is 47.5 Å². The highest BCUT2D eigenvalue weighted by atomic mass is 16.5. The largest absolute Gasteiger partial charge is 0.465 e. The normalized spacial score (nSPS) is 11.6. The van der Waals surface area contributed by atoms with E-state index < -0.39 is 5.97 Å². The summed E-state index contributed by atoms with van der Waals surface area (Å²) in [6, 6.07) is 0. The summed E-state index contributed by atoms with van der Waals surface area (Å²) < 4.78 is 4.98. The second-order valence-electron chi connectivity index (χ2n) is 5.33. The number of hydrogen-bond donors (Lipinski definition) is 0. The first-order chi connectivity index (χ1) is 6.72. The van der Waals surface area contributed by atoms with Crippen LogP contribution in [0.2, 0.25) is 0 Å². The van der Waals surface area contributed by atoms with Crippen molar-refractivity contribution in [2.75, 3.05) is 6.61 Å². The van der Waals surface area contributed by atoms with E-state index in [0.29, 0.717) is 6.61 Å². The van der Waals surface area contributed by atoms with E-state index in [4.69, 9.17) is 4.74 Å². The molecule has 0 aromatic heterocycles. The van der Waals surface area contributed by atoms with Crippen molar-refractivity contribution in [3.63, 3.8) is 0 Å². The highest BCUT2D eigenvalue weighted by molar-refractivity contribution is 5.96. The zero-order valence-corrected chi connectivity index (χ0v) is 10.4. The first-order valence-electron chi connectivity index (χ1n) is 5.41. The minimum absolute atomic E-state index is 0.0595. The van der Waals surface area contributed by atoms with Gasteiger partial charge in [-0.15, -0.1) is 0 Å². The summed E-state index contributed by atoms with van der Waals surface area (Å²) in [6.07, 6.45) is 0.719. The minimum Gasteiger partial charge on any atom is -0.465 e. The molecule has 0 amide bonds. The number of rotatable bonds is 5. The molecule has 0 atom stereocenters. The van der Waals surface area contributed by atoms with Crippen molar-refractivity contribution in [2.24, 2.45) is 11.3 Å². The Kier molecular flexibility index (Phi) is 5.55. The predicted octanol–water partition coefficient (Wildman–Crippen LogP) is 2.58. The van der Waals surface area contributed by atoms with Gasteiger partial charge in [0, 0.05) is 5.92 Å². The molecule has 0 saturated heterocycles. The van der Waals surface area contributed by atoms with E-state index >= 15 is 0 Å². The van der Waals surface area contributed by atoms with Gasteiger partial charge in [0.05, 0.1) is 6.61 Å². The van der Waals surface area contributed by atoms with Gasteiger partial charge < -0.3 is 4.74 Å². The molecule has 0 heterocycles. The van der Waals surface area contributed by atoms with Crippen LogP contribution in [0.15, 0.2) is 0 Å². The van der Waals surface area contributed by atoms with Gasteiger partial charge >= 0.3 is 5.97 Å². The summed E-state index contributed by atoms with van der Waals surface area (Å²) in [6.45, 7) is 10.2. The van der Waals surface area contributed by atoms with Gasteiger partial charge in [-0.3, -0.25) is 9.59 Å². The molecule has 0 unspecified atom stereocenters. The quantitative estimate of drug-likeness (QED) is 0.522. The van der Waals surface area contributed by atoms with Gasteiger partial charge in [-0.2, -0.15) is 0 Å². The fourth-order valence-electron chi connectivity index (χ4n) is 0.868. The van der Waals surface area contributed by atoms with E-state index in [-0.39, 0.29) is 23.5 Å². The van der Waals surface area contributed by atoms with Crippen molar-refractivity contribution in [2.45, 2.75) is 47.5 Å². The van der Waals surface area contributed by atoms with Crippen LogP contribution in [0.4, 0.5) is 0 Å². The zero-order valence-electron chi connectivity index (χ0n) is 10.4. The number of ether oxygens (including phenoxy) is 1. The summed E-state index contributed by atoms with van der Waals surface area (Å²) in [5.41, 5.74) is 0.155. The van der Waals surface area contributed by atoms with Crippen molar-refractivity contribution >= 4 is 11.8 Å². The van der Waals surface area contributed by atoms with Crippen LogP contribution >= 0.6 is 0 Å². The maximum Gasteiger partial charge on any atom is 0.313 e. The highest BCUT2D eigenvalue weighted by Crippen LogP contribution is 2.18. The van der Waals surface area contributed by atoms with Gasteiger partial charge in [0.15, 0.2) is 0 Å². The average Bonchev–Trinajstić information content (AvgIpc) is 2.01. The average molecular weight is 214 g/mol. The van der Waals surface area contributed by atoms with Crippen molar-refractivity contribution in [1.82, 2.24) is 0 Å².